The van der Waals surface area contributed by atoms with Crippen LogP contribution in [0.15, 0.2) is 12.0 Å². The average molecular weight is 122 g/mol. The third-order valence-corrected chi connectivity index (χ3v) is 1.45. The second-order valence-electron chi connectivity index (χ2n) is 1.07. The van der Waals surface area contributed by atoms with Crippen molar-refractivity contribution >= 4 is 17.1 Å². The Morgan fingerprint density at radius 2 is 2.17 bits per heavy atom. The molecular formula is C3H7OPS. The second kappa shape index (κ2) is 1.76. The fourth-order valence-electron chi connectivity index (χ4n) is 0. The van der Waals surface area contributed by atoms with Crippen molar-refractivity contribution in [3.05, 3.63) is 12.0 Å². The van der Waals surface area contributed by atoms with Gasteiger partial charge in [-0.15, -0.1) is 0 Å². The zero-order chi connectivity index (χ0) is 5.21. The maximum atomic E-state index is 10.4. The molecule has 0 rings (SSSR count). The molecule has 36 valence electrons. The maximum absolute atomic E-state index is 10.4. The average Bonchev–Trinajstić information content (AvgIpc) is 1.35. The standard InChI is InChI=1S/C3H7OPS/c1-3-6(2,4)5/h3,5H,1H2,2H3. The minimum atomic E-state index is -1.84. The van der Waals surface area contributed by atoms with Crippen LogP contribution in [0.4, 0.5) is 0 Å². The minimum absolute atomic E-state index is 1.38. The number of hydrogen-bond acceptors (Lipinski definition) is 1. The number of rotatable bonds is 1. The van der Waals surface area contributed by atoms with E-state index in [2.05, 4.69) is 14.6 Å². The highest BCUT2D eigenvalue weighted by Gasteiger charge is 1.77. The van der Waals surface area contributed by atoms with E-state index in [0.717, 1.165) is 0 Å². The van der Waals surface area contributed by atoms with Gasteiger partial charge in [0.15, 0.2) is 0 Å². The topological polar surface area (TPSA) is 17.1 Å². The van der Waals surface area contributed by atoms with Crippen molar-refractivity contribution in [1.82, 2.24) is 0 Å². The predicted molar refractivity (Wildman–Crippen MR) is 32.6 cm³/mol. The highest BCUT2D eigenvalue weighted by Crippen LogP contribution is 1.89. The van der Waals surface area contributed by atoms with Crippen LogP contribution in [0.5, 0.6) is 0 Å². The molecule has 0 fully saturated rings. The van der Waals surface area contributed by atoms with Gasteiger partial charge in [0.2, 0.25) is 0 Å². The molecule has 1 atom stereocenters. The summed E-state index contributed by atoms with van der Waals surface area (Å²) < 4.78 is 10.4. The van der Waals surface area contributed by atoms with E-state index in [1.807, 2.05) is 0 Å². The molecule has 3 heteroatoms. The van der Waals surface area contributed by atoms with Gasteiger partial charge in [-0.05, 0) is 5.41 Å². The normalized spacial score (nSPS) is 18.8. The van der Waals surface area contributed by atoms with Crippen LogP contribution in [-0.4, -0.2) is 10.5 Å². The molecule has 0 saturated carbocycles. The lowest BCUT2D eigenvalue weighted by Gasteiger charge is -1.81. The molecule has 0 heterocycles. The first-order valence-corrected chi connectivity index (χ1v) is 4.68. The Balaban J connectivity index is 4.25. The molecule has 0 radical (unpaired) electrons. The van der Waals surface area contributed by atoms with Crippen LogP contribution in [0.2, 0.25) is 0 Å². The summed E-state index contributed by atoms with van der Waals surface area (Å²) in [4.78, 5) is 0. The Morgan fingerprint density at radius 3 is 2.17 bits per heavy atom. The summed E-state index contributed by atoms with van der Waals surface area (Å²) in [5, 5.41) is 1.38. The lowest BCUT2D eigenvalue weighted by atomic mass is 11.3. The molecule has 0 saturated heterocycles. The van der Waals surface area contributed by atoms with Gasteiger partial charge in [0, 0.05) is 15.4 Å². The van der Waals surface area contributed by atoms with Gasteiger partial charge in [0.25, 0.3) is 0 Å². The van der Waals surface area contributed by atoms with E-state index in [9.17, 15) is 4.21 Å². The first kappa shape index (κ1) is 6.19. The molecule has 6 heavy (non-hydrogen) atoms. The van der Waals surface area contributed by atoms with E-state index < -0.39 is 9.11 Å². The lowest BCUT2D eigenvalue weighted by Crippen LogP contribution is -1.77. The highest BCUT2D eigenvalue weighted by molar-refractivity contribution is 8.22. The molecule has 0 aliphatic rings. The molecule has 0 spiro atoms. The van der Waals surface area contributed by atoms with Gasteiger partial charge >= 0.3 is 0 Å². The Bertz CT molecular complexity index is 121. The lowest BCUT2D eigenvalue weighted by molar-refractivity contribution is 0.690. The first-order chi connectivity index (χ1) is 2.56. The van der Waals surface area contributed by atoms with Crippen molar-refractivity contribution in [2.24, 2.45) is 0 Å². The smallest absolute Gasteiger partial charge is 0.0120 e. The molecule has 0 aromatic rings. The van der Waals surface area contributed by atoms with Crippen LogP contribution < -0.4 is 0 Å². The third kappa shape index (κ3) is 4.19. The monoisotopic (exact) mass is 122 g/mol. The summed E-state index contributed by atoms with van der Waals surface area (Å²) in [6, 6.07) is 0. The van der Waals surface area contributed by atoms with Gasteiger partial charge in [0.1, 0.15) is 0 Å². The molecule has 1 unspecified atom stereocenters. The summed E-state index contributed by atoms with van der Waals surface area (Å²) in [7, 11) is 1.09. The van der Waals surface area contributed by atoms with Crippen LogP contribution >= 0.6 is 8.02 Å². The largest absolute Gasteiger partial charge is 0.260 e. The summed E-state index contributed by atoms with van der Waals surface area (Å²) in [5.41, 5.74) is 0. The molecule has 0 N–H and O–H groups in total. The van der Waals surface area contributed by atoms with Crippen molar-refractivity contribution in [3.8, 4) is 0 Å². The van der Waals surface area contributed by atoms with Crippen LogP contribution in [0, 0.1) is 0 Å². The highest BCUT2D eigenvalue weighted by atomic mass is 32.5. The summed E-state index contributed by atoms with van der Waals surface area (Å²) in [5.74, 6) is 0. The Kier molecular flexibility index (Phi) is 1.82. The van der Waals surface area contributed by atoms with E-state index in [4.69, 9.17) is 0 Å². The van der Waals surface area contributed by atoms with Crippen LogP contribution in [0.1, 0.15) is 0 Å². The maximum Gasteiger partial charge on any atom is 0.0120 e. The van der Waals surface area contributed by atoms with E-state index in [1.165, 1.54) is 5.41 Å². The van der Waals surface area contributed by atoms with Gasteiger partial charge in [-0.2, -0.15) is 0 Å². The van der Waals surface area contributed by atoms with Gasteiger partial charge in [-0.1, -0.05) is 14.6 Å². The Hall–Kier alpha value is 0.190. The molecule has 0 aromatic heterocycles. The summed E-state index contributed by atoms with van der Waals surface area (Å²) in [6.07, 6.45) is 1.57. The third-order valence-electron chi connectivity index (χ3n) is 0.318. The van der Waals surface area contributed by atoms with E-state index in [1.54, 1.807) is 6.26 Å². The van der Waals surface area contributed by atoms with Crippen LogP contribution in [-0.2, 0) is 9.11 Å². The zero-order valence-electron chi connectivity index (χ0n) is 3.60. The SMILES string of the molecule is C=CS(C)(=O)=P. The van der Waals surface area contributed by atoms with Crippen LogP contribution in [0.3, 0.4) is 0 Å². The zero-order valence-corrected chi connectivity index (χ0v) is 5.42. The molecule has 1 nitrogen and oxygen atoms in total. The van der Waals surface area contributed by atoms with Gasteiger partial charge in [-0.3, -0.25) is 4.21 Å². The van der Waals surface area contributed by atoms with Crippen LogP contribution in [0.25, 0.3) is 0 Å². The predicted octanol–water partition coefficient (Wildman–Crippen LogP) is 1.10. The van der Waals surface area contributed by atoms with Gasteiger partial charge in [0.05, 0.1) is 0 Å². The molecule has 0 aromatic carbocycles. The second-order valence-corrected chi connectivity index (χ2v) is 5.64. The first-order valence-electron chi connectivity index (χ1n) is 1.42. The van der Waals surface area contributed by atoms with E-state index in [-0.39, 0.29) is 0 Å². The Morgan fingerprint density at radius 1 is 2.00 bits per heavy atom. The molecule has 0 amide bonds. The quantitative estimate of drug-likeness (QED) is 0.476. The molecule has 0 bridgehead atoms. The van der Waals surface area contributed by atoms with Gasteiger partial charge in [-0.25, -0.2) is 0 Å². The number of hydrogen-bond donors (Lipinski definition) is 0. The molecule has 0 aliphatic heterocycles. The van der Waals surface area contributed by atoms with E-state index in [0.29, 0.717) is 0 Å². The van der Waals surface area contributed by atoms with Crippen molar-refractivity contribution in [3.63, 3.8) is 0 Å². The molecule has 0 aliphatic carbocycles. The minimum Gasteiger partial charge on any atom is -0.260 e. The summed E-state index contributed by atoms with van der Waals surface area (Å²) >= 11 is 0. The van der Waals surface area contributed by atoms with E-state index >= 15 is 0 Å². The molecular weight excluding hydrogens is 115 g/mol. The van der Waals surface area contributed by atoms with Crippen molar-refractivity contribution in [1.29, 1.82) is 0 Å². The fraction of sp³-hybridized carbons (Fsp3) is 0.333. The van der Waals surface area contributed by atoms with Crippen molar-refractivity contribution in [2.45, 2.75) is 0 Å². The fourth-order valence-corrected chi connectivity index (χ4v) is 0. The van der Waals surface area contributed by atoms with Gasteiger partial charge < -0.3 is 0 Å². The van der Waals surface area contributed by atoms with Crippen molar-refractivity contribution in [2.75, 3.05) is 6.26 Å². The Labute approximate surface area is 40.3 Å². The summed E-state index contributed by atoms with van der Waals surface area (Å²) in [6.45, 7) is 3.31. The van der Waals surface area contributed by atoms with Crippen molar-refractivity contribution < 1.29 is 4.21 Å².